The molecule has 3 heterocycles. The molecule has 1 aliphatic rings. The van der Waals surface area contributed by atoms with Crippen LogP contribution in [0.25, 0.3) is 16.2 Å². The smallest absolute Gasteiger partial charge is 0.214 e. The van der Waals surface area contributed by atoms with Gasteiger partial charge in [-0.25, -0.2) is 13.9 Å². The summed E-state index contributed by atoms with van der Waals surface area (Å²) in [5.41, 5.74) is 1.69. The van der Waals surface area contributed by atoms with Gasteiger partial charge in [-0.05, 0) is 30.7 Å². The van der Waals surface area contributed by atoms with E-state index >= 15 is 0 Å². The molecule has 4 rings (SSSR count). The lowest BCUT2D eigenvalue weighted by atomic mass is 10.1. The molecule has 1 aliphatic heterocycles. The average Bonchev–Trinajstić information content (AvgIpc) is 3.21. The Hall–Kier alpha value is -1.99. The number of fused-ring (bicyclic) bond motifs is 1. The third-order valence-corrected chi connectivity index (χ3v) is 4.63. The summed E-state index contributed by atoms with van der Waals surface area (Å²) in [6, 6.07) is 6.32. The van der Waals surface area contributed by atoms with E-state index in [0.29, 0.717) is 5.92 Å². The summed E-state index contributed by atoms with van der Waals surface area (Å²) in [6.45, 7) is 2.56. The summed E-state index contributed by atoms with van der Waals surface area (Å²) in [6.07, 6.45) is 2.97. The average molecular weight is 318 g/mol. The van der Waals surface area contributed by atoms with Gasteiger partial charge in [0.25, 0.3) is 0 Å². The Balaban J connectivity index is 1.50. The molecule has 22 heavy (non-hydrogen) atoms. The van der Waals surface area contributed by atoms with Gasteiger partial charge in [-0.3, -0.25) is 0 Å². The summed E-state index contributed by atoms with van der Waals surface area (Å²) in [5.74, 6) is 0.316. The van der Waals surface area contributed by atoms with Crippen molar-refractivity contribution in [3.05, 3.63) is 36.3 Å². The highest BCUT2D eigenvalue weighted by molar-refractivity contribution is 7.20. The van der Waals surface area contributed by atoms with Crippen molar-refractivity contribution in [2.75, 3.05) is 25.1 Å². The fourth-order valence-electron chi connectivity index (χ4n) is 2.51. The maximum atomic E-state index is 13.0. The Bertz CT molecular complexity index is 745. The number of hydrogen-bond acceptors (Lipinski definition) is 5. The molecule has 7 heteroatoms. The van der Waals surface area contributed by atoms with E-state index in [9.17, 15) is 4.39 Å². The van der Waals surface area contributed by atoms with Crippen molar-refractivity contribution < 1.29 is 9.13 Å². The van der Waals surface area contributed by atoms with E-state index in [0.717, 1.165) is 47.5 Å². The molecule has 1 aromatic carbocycles. The van der Waals surface area contributed by atoms with E-state index in [2.05, 4.69) is 15.4 Å². The summed E-state index contributed by atoms with van der Waals surface area (Å²) in [4.78, 5) is 5.37. The zero-order valence-corrected chi connectivity index (χ0v) is 12.6. The summed E-state index contributed by atoms with van der Waals surface area (Å²) < 4.78 is 20.1. The Kier molecular flexibility index (Phi) is 3.51. The Morgan fingerprint density at radius 1 is 1.36 bits per heavy atom. The molecule has 0 bridgehead atoms. The molecule has 3 aromatic rings. The van der Waals surface area contributed by atoms with Gasteiger partial charge in [-0.15, -0.1) is 5.10 Å². The molecule has 5 nitrogen and oxygen atoms in total. The van der Waals surface area contributed by atoms with Crippen molar-refractivity contribution in [3.63, 3.8) is 0 Å². The quantitative estimate of drug-likeness (QED) is 0.803. The van der Waals surface area contributed by atoms with Crippen molar-refractivity contribution in [2.24, 2.45) is 5.92 Å². The summed E-state index contributed by atoms with van der Waals surface area (Å²) in [5, 5.41) is 8.69. The molecule has 0 spiro atoms. The van der Waals surface area contributed by atoms with Crippen LogP contribution in [0.3, 0.4) is 0 Å². The van der Waals surface area contributed by atoms with Gasteiger partial charge in [0.2, 0.25) is 10.1 Å². The number of aromatic nitrogens is 3. The van der Waals surface area contributed by atoms with E-state index < -0.39 is 0 Å². The lowest BCUT2D eigenvalue weighted by Gasteiger charge is -2.06. The first-order valence-electron chi connectivity index (χ1n) is 7.22. The number of nitrogens with one attached hydrogen (secondary N) is 1. The minimum Gasteiger partial charge on any atom is -0.381 e. The normalized spacial score (nSPS) is 18.1. The van der Waals surface area contributed by atoms with Crippen molar-refractivity contribution in [1.29, 1.82) is 0 Å². The molecule has 114 valence electrons. The Labute approximate surface area is 130 Å². The molecule has 0 aliphatic carbocycles. The molecule has 0 amide bonds. The third-order valence-electron chi connectivity index (χ3n) is 3.75. The number of benzene rings is 1. The topological polar surface area (TPSA) is 51.5 Å². The maximum absolute atomic E-state index is 13.0. The molecule has 1 N–H and O–H groups in total. The van der Waals surface area contributed by atoms with Crippen LogP contribution in [0.2, 0.25) is 0 Å². The van der Waals surface area contributed by atoms with E-state index in [1.807, 2.05) is 6.20 Å². The first kappa shape index (κ1) is 13.7. The lowest BCUT2D eigenvalue weighted by Crippen LogP contribution is -2.13. The Morgan fingerprint density at radius 3 is 2.95 bits per heavy atom. The minimum atomic E-state index is -0.245. The second-order valence-electron chi connectivity index (χ2n) is 5.38. The zero-order chi connectivity index (χ0) is 14.9. The van der Waals surface area contributed by atoms with Gasteiger partial charge in [0, 0.05) is 24.6 Å². The summed E-state index contributed by atoms with van der Waals surface area (Å²) in [7, 11) is 0. The number of hydrogen-bond donors (Lipinski definition) is 1. The molecule has 2 aromatic heterocycles. The van der Waals surface area contributed by atoms with Crippen LogP contribution in [0.1, 0.15) is 6.42 Å². The predicted molar refractivity (Wildman–Crippen MR) is 83.7 cm³/mol. The van der Waals surface area contributed by atoms with Gasteiger partial charge in [0.05, 0.1) is 18.5 Å². The second-order valence-corrected chi connectivity index (χ2v) is 6.33. The van der Waals surface area contributed by atoms with Crippen molar-refractivity contribution in [1.82, 2.24) is 14.6 Å². The Morgan fingerprint density at radius 2 is 2.23 bits per heavy atom. The van der Waals surface area contributed by atoms with Crippen LogP contribution in [0, 0.1) is 11.7 Å². The fraction of sp³-hybridized carbons (Fsp3) is 0.333. The standard InChI is InChI=1S/C15H15FN4OS/c16-12-3-1-11(2-4-12)13-8-20-15(18-13)22-14(19-20)17-7-10-5-6-21-9-10/h1-4,8,10H,5-7,9H2,(H,17,19)/t10-/m0/s1. The first-order valence-corrected chi connectivity index (χ1v) is 8.03. The number of nitrogens with zero attached hydrogens (tertiary/aromatic N) is 3. The molecule has 0 radical (unpaired) electrons. The molecule has 0 unspecified atom stereocenters. The largest absolute Gasteiger partial charge is 0.381 e. The van der Waals surface area contributed by atoms with E-state index in [1.54, 1.807) is 16.6 Å². The van der Waals surface area contributed by atoms with Crippen LogP contribution in [0.5, 0.6) is 0 Å². The van der Waals surface area contributed by atoms with Gasteiger partial charge >= 0.3 is 0 Å². The fourth-order valence-corrected chi connectivity index (χ4v) is 3.30. The number of ether oxygens (including phenoxy) is 1. The van der Waals surface area contributed by atoms with Crippen LogP contribution < -0.4 is 5.32 Å². The van der Waals surface area contributed by atoms with E-state index in [4.69, 9.17) is 4.74 Å². The van der Waals surface area contributed by atoms with Crippen LogP contribution in [-0.2, 0) is 4.74 Å². The predicted octanol–water partition coefficient (Wildman–Crippen LogP) is 3.05. The highest BCUT2D eigenvalue weighted by atomic mass is 32.1. The second kappa shape index (κ2) is 5.66. The van der Waals surface area contributed by atoms with Crippen LogP contribution in [0.4, 0.5) is 9.52 Å². The number of halogens is 1. The minimum absolute atomic E-state index is 0.245. The van der Waals surface area contributed by atoms with E-state index in [-0.39, 0.29) is 5.82 Å². The van der Waals surface area contributed by atoms with Gasteiger partial charge in [0.1, 0.15) is 5.82 Å². The van der Waals surface area contributed by atoms with E-state index in [1.165, 1.54) is 23.5 Å². The van der Waals surface area contributed by atoms with Crippen LogP contribution in [0.15, 0.2) is 30.5 Å². The molecular weight excluding hydrogens is 303 g/mol. The van der Waals surface area contributed by atoms with Crippen molar-refractivity contribution >= 4 is 21.4 Å². The highest BCUT2D eigenvalue weighted by Gasteiger charge is 2.16. The van der Waals surface area contributed by atoms with Crippen LogP contribution in [-0.4, -0.2) is 34.4 Å². The van der Waals surface area contributed by atoms with Gasteiger partial charge in [0.15, 0.2) is 0 Å². The molecule has 0 saturated carbocycles. The maximum Gasteiger partial charge on any atom is 0.214 e. The third kappa shape index (κ3) is 2.69. The molecule has 1 saturated heterocycles. The van der Waals surface area contributed by atoms with Crippen LogP contribution >= 0.6 is 11.3 Å². The number of imidazole rings is 1. The van der Waals surface area contributed by atoms with Gasteiger partial charge < -0.3 is 10.1 Å². The van der Waals surface area contributed by atoms with Crippen molar-refractivity contribution in [3.8, 4) is 11.3 Å². The molecular formula is C15H15FN4OS. The molecule has 1 fully saturated rings. The van der Waals surface area contributed by atoms with Crippen molar-refractivity contribution in [2.45, 2.75) is 6.42 Å². The SMILES string of the molecule is Fc1ccc(-c2cn3nc(NC[C@@H]4CCOC4)sc3n2)cc1. The van der Waals surface area contributed by atoms with Gasteiger partial charge in [-0.2, -0.15) is 0 Å². The summed E-state index contributed by atoms with van der Waals surface area (Å²) >= 11 is 1.51. The highest BCUT2D eigenvalue weighted by Crippen LogP contribution is 2.25. The first-order chi connectivity index (χ1) is 10.8. The molecule has 1 atom stereocenters. The number of anilines is 1. The van der Waals surface area contributed by atoms with Gasteiger partial charge in [-0.1, -0.05) is 11.3 Å². The number of rotatable bonds is 4. The zero-order valence-electron chi connectivity index (χ0n) is 11.8. The monoisotopic (exact) mass is 318 g/mol. The lowest BCUT2D eigenvalue weighted by molar-refractivity contribution is 0.187.